The van der Waals surface area contributed by atoms with Gasteiger partial charge in [0.15, 0.2) is 0 Å². The van der Waals surface area contributed by atoms with E-state index in [0.717, 1.165) is 35.3 Å². The van der Waals surface area contributed by atoms with Crippen LogP contribution in [0.25, 0.3) is 0 Å². The third kappa shape index (κ3) is 7.69. The summed E-state index contributed by atoms with van der Waals surface area (Å²) in [6.45, 7) is 6.98. The fourth-order valence-electron chi connectivity index (χ4n) is 3.01. The maximum atomic E-state index is 13.1. The topological polar surface area (TPSA) is 49.4 Å². The number of hydrogen-bond acceptors (Lipinski definition) is 3. The van der Waals surface area contributed by atoms with Crippen molar-refractivity contribution in [2.45, 2.75) is 52.0 Å². The van der Waals surface area contributed by atoms with Crippen LogP contribution in [0.4, 0.5) is 0 Å². The van der Waals surface area contributed by atoms with Gasteiger partial charge in [-0.25, -0.2) is 0 Å². The highest BCUT2D eigenvalue weighted by Gasteiger charge is 2.26. The molecule has 0 spiro atoms. The van der Waals surface area contributed by atoms with Gasteiger partial charge < -0.3 is 10.2 Å². The predicted octanol–water partition coefficient (Wildman–Crippen LogP) is 5.22. The first-order valence-corrected chi connectivity index (χ1v) is 11.9. The Balaban J connectivity index is 2.04. The fraction of sp³-hybridized carbons (Fsp3) is 0.417. The van der Waals surface area contributed by atoms with Gasteiger partial charge in [-0.05, 0) is 49.1 Å². The molecule has 4 nitrogen and oxygen atoms in total. The number of amides is 2. The highest BCUT2D eigenvalue weighted by molar-refractivity contribution is 7.99. The minimum absolute atomic E-state index is 0.0321. The second-order valence-corrected chi connectivity index (χ2v) is 8.81. The summed E-state index contributed by atoms with van der Waals surface area (Å²) < 4.78 is 0. The van der Waals surface area contributed by atoms with E-state index in [2.05, 4.69) is 12.2 Å². The van der Waals surface area contributed by atoms with E-state index in [1.165, 1.54) is 0 Å². The van der Waals surface area contributed by atoms with Gasteiger partial charge in [-0.15, -0.1) is 11.8 Å². The first-order chi connectivity index (χ1) is 14.4. The van der Waals surface area contributed by atoms with E-state index in [1.54, 1.807) is 23.6 Å². The molecule has 0 bridgehead atoms. The van der Waals surface area contributed by atoms with Gasteiger partial charge in [-0.2, -0.15) is 0 Å². The monoisotopic (exact) mass is 446 g/mol. The molecule has 1 N–H and O–H groups in total. The zero-order valence-corrected chi connectivity index (χ0v) is 19.6. The fourth-order valence-corrected chi connectivity index (χ4v) is 4.01. The van der Waals surface area contributed by atoms with Crippen LogP contribution in [-0.4, -0.2) is 35.1 Å². The van der Waals surface area contributed by atoms with Gasteiger partial charge in [-0.1, -0.05) is 61.3 Å². The molecule has 0 fully saturated rings. The number of nitrogens with zero attached hydrogens (tertiary/aromatic N) is 1. The first kappa shape index (κ1) is 24.3. The van der Waals surface area contributed by atoms with Crippen molar-refractivity contribution in [3.05, 3.63) is 70.2 Å². The molecule has 2 aromatic rings. The minimum Gasteiger partial charge on any atom is -0.354 e. The van der Waals surface area contributed by atoms with E-state index in [4.69, 9.17) is 11.6 Å². The lowest BCUT2D eigenvalue weighted by molar-refractivity contribution is -0.138. The number of aryl methyl sites for hydroxylation is 1. The van der Waals surface area contributed by atoms with Crippen LogP contribution < -0.4 is 5.32 Å². The number of unbranched alkanes of at least 4 members (excludes halogenated alkanes) is 1. The van der Waals surface area contributed by atoms with Gasteiger partial charge in [0.25, 0.3) is 0 Å². The van der Waals surface area contributed by atoms with Crippen molar-refractivity contribution in [1.29, 1.82) is 0 Å². The van der Waals surface area contributed by atoms with Crippen LogP contribution in [0, 0.1) is 6.92 Å². The van der Waals surface area contributed by atoms with E-state index in [9.17, 15) is 9.59 Å². The SMILES string of the molecule is CCCCNC(=O)[C@H](C)N(Cc1ccccc1C)C(=O)CSCc1ccc(Cl)cc1. The molecule has 0 aliphatic heterocycles. The molecule has 2 amide bonds. The van der Waals surface area contributed by atoms with E-state index in [-0.39, 0.29) is 11.8 Å². The standard InChI is InChI=1S/C24H31ClN2O2S/c1-4-5-14-26-24(29)19(3)27(15-21-9-7-6-8-18(21)2)23(28)17-30-16-20-10-12-22(25)13-11-20/h6-13,19H,4-5,14-17H2,1-3H3,(H,26,29)/t19-/m0/s1. The van der Waals surface area contributed by atoms with E-state index >= 15 is 0 Å². The van der Waals surface area contributed by atoms with Crippen molar-refractivity contribution >= 4 is 35.2 Å². The van der Waals surface area contributed by atoms with Gasteiger partial charge in [-0.3, -0.25) is 9.59 Å². The number of hydrogen-bond donors (Lipinski definition) is 1. The Bertz CT molecular complexity index is 826. The maximum absolute atomic E-state index is 13.1. The number of benzene rings is 2. The summed E-state index contributed by atoms with van der Waals surface area (Å²) in [5.74, 6) is 0.905. The average Bonchev–Trinajstić information content (AvgIpc) is 2.74. The third-order valence-electron chi connectivity index (χ3n) is 5.01. The Hall–Kier alpha value is -1.98. The molecule has 0 unspecified atom stereocenters. The Labute approximate surface area is 189 Å². The van der Waals surface area contributed by atoms with Gasteiger partial charge in [0.1, 0.15) is 6.04 Å². The minimum atomic E-state index is -0.523. The molecule has 0 heterocycles. The summed E-state index contributed by atoms with van der Waals surface area (Å²) in [6.07, 6.45) is 1.95. The molecule has 0 aromatic heterocycles. The molecule has 1 atom stereocenters. The largest absolute Gasteiger partial charge is 0.354 e. The van der Waals surface area contributed by atoms with Crippen LogP contribution in [0.2, 0.25) is 5.02 Å². The molecule has 0 saturated heterocycles. The molecule has 162 valence electrons. The number of halogens is 1. The summed E-state index contributed by atoms with van der Waals surface area (Å²) in [4.78, 5) is 27.4. The summed E-state index contributed by atoms with van der Waals surface area (Å²) >= 11 is 7.48. The Morgan fingerprint density at radius 3 is 2.50 bits per heavy atom. The Morgan fingerprint density at radius 1 is 1.13 bits per heavy atom. The van der Waals surface area contributed by atoms with Gasteiger partial charge in [0, 0.05) is 23.9 Å². The normalized spacial score (nSPS) is 11.7. The Kier molecular flexibility index (Phi) is 10.2. The second-order valence-electron chi connectivity index (χ2n) is 7.39. The maximum Gasteiger partial charge on any atom is 0.242 e. The predicted molar refractivity (Wildman–Crippen MR) is 127 cm³/mol. The number of thioether (sulfide) groups is 1. The van der Waals surface area contributed by atoms with E-state index in [0.29, 0.717) is 23.9 Å². The lowest BCUT2D eigenvalue weighted by Crippen LogP contribution is -2.48. The molecular weight excluding hydrogens is 416 g/mol. The summed E-state index contributed by atoms with van der Waals surface area (Å²) in [6, 6.07) is 15.1. The zero-order valence-electron chi connectivity index (χ0n) is 18.0. The first-order valence-electron chi connectivity index (χ1n) is 10.4. The average molecular weight is 447 g/mol. The molecule has 0 saturated carbocycles. The molecule has 30 heavy (non-hydrogen) atoms. The van der Waals surface area contributed by atoms with Crippen molar-refractivity contribution in [2.75, 3.05) is 12.3 Å². The summed E-state index contributed by atoms with van der Waals surface area (Å²) in [5, 5.41) is 3.66. The van der Waals surface area contributed by atoms with Gasteiger partial charge >= 0.3 is 0 Å². The van der Waals surface area contributed by atoms with Crippen LogP contribution in [0.1, 0.15) is 43.4 Å². The third-order valence-corrected chi connectivity index (χ3v) is 6.25. The van der Waals surface area contributed by atoms with Crippen LogP contribution in [-0.2, 0) is 21.9 Å². The molecule has 0 aliphatic rings. The van der Waals surface area contributed by atoms with Crippen molar-refractivity contribution in [3.8, 4) is 0 Å². The van der Waals surface area contributed by atoms with Crippen LogP contribution in [0.15, 0.2) is 48.5 Å². The van der Waals surface area contributed by atoms with Crippen molar-refractivity contribution < 1.29 is 9.59 Å². The second kappa shape index (κ2) is 12.7. The highest BCUT2D eigenvalue weighted by Crippen LogP contribution is 2.18. The Morgan fingerprint density at radius 2 is 1.83 bits per heavy atom. The lowest BCUT2D eigenvalue weighted by Gasteiger charge is -2.29. The van der Waals surface area contributed by atoms with Crippen molar-refractivity contribution in [2.24, 2.45) is 0 Å². The molecular formula is C24H31ClN2O2S. The molecule has 0 aliphatic carbocycles. The van der Waals surface area contributed by atoms with Gasteiger partial charge in [0.2, 0.25) is 11.8 Å². The van der Waals surface area contributed by atoms with Crippen LogP contribution >= 0.6 is 23.4 Å². The van der Waals surface area contributed by atoms with Crippen molar-refractivity contribution in [3.63, 3.8) is 0 Å². The van der Waals surface area contributed by atoms with Gasteiger partial charge in [0.05, 0.1) is 5.75 Å². The molecule has 0 radical (unpaired) electrons. The number of carbonyl (C=O) groups is 2. The quantitative estimate of drug-likeness (QED) is 0.481. The lowest BCUT2D eigenvalue weighted by atomic mass is 10.1. The summed E-state index contributed by atoms with van der Waals surface area (Å²) in [7, 11) is 0. The zero-order chi connectivity index (χ0) is 21.9. The molecule has 6 heteroatoms. The number of rotatable bonds is 11. The number of nitrogens with one attached hydrogen (secondary N) is 1. The number of carbonyl (C=O) groups excluding carboxylic acids is 2. The smallest absolute Gasteiger partial charge is 0.242 e. The van der Waals surface area contributed by atoms with E-state index < -0.39 is 6.04 Å². The highest BCUT2D eigenvalue weighted by atomic mass is 35.5. The van der Waals surface area contributed by atoms with Crippen molar-refractivity contribution in [1.82, 2.24) is 10.2 Å². The summed E-state index contributed by atoms with van der Waals surface area (Å²) in [5.41, 5.74) is 3.29. The van der Waals surface area contributed by atoms with Crippen LogP contribution in [0.5, 0.6) is 0 Å². The van der Waals surface area contributed by atoms with E-state index in [1.807, 2.05) is 55.5 Å². The molecule has 2 rings (SSSR count). The molecule has 2 aromatic carbocycles. The van der Waals surface area contributed by atoms with Crippen LogP contribution in [0.3, 0.4) is 0 Å².